The Kier molecular flexibility index (Phi) is 10.4. The molecule has 0 saturated carbocycles. The molecule has 8 heteroatoms. The van der Waals surface area contributed by atoms with Gasteiger partial charge in [0.05, 0.1) is 25.0 Å². The number of ether oxygens (including phenoxy) is 1. The average molecular weight is 526 g/mol. The van der Waals surface area contributed by atoms with Gasteiger partial charge in [-0.1, -0.05) is 6.42 Å². The van der Waals surface area contributed by atoms with Crippen LogP contribution in [0.25, 0.3) is 5.69 Å². The van der Waals surface area contributed by atoms with E-state index in [0.717, 1.165) is 48.6 Å². The summed E-state index contributed by atoms with van der Waals surface area (Å²) in [5.74, 6) is 1.66. The zero-order valence-corrected chi connectivity index (χ0v) is 20.6. The second kappa shape index (κ2) is 12.8. The van der Waals surface area contributed by atoms with Crippen molar-refractivity contribution in [2.45, 2.75) is 45.2 Å². The largest absolute Gasteiger partial charge is 0.497 e. The number of halogens is 1. The molecular formula is C22H35IN6O. The molecule has 1 fully saturated rings. The van der Waals surface area contributed by atoms with Crippen LogP contribution >= 0.6 is 24.0 Å². The van der Waals surface area contributed by atoms with E-state index in [-0.39, 0.29) is 24.0 Å². The maximum absolute atomic E-state index is 5.20. The summed E-state index contributed by atoms with van der Waals surface area (Å²) in [7, 11) is 3.47. The number of likely N-dealkylation sites (tertiary alicyclic amines) is 1. The quantitative estimate of drug-likeness (QED) is 0.239. The van der Waals surface area contributed by atoms with Gasteiger partial charge < -0.3 is 20.3 Å². The van der Waals surface area contributed by atoms with Crippen molar-refractivity contribution in [2.75, 3.05) is 33.8 Å². The minimum atomic E-state index is 0. The predicted octanol–water partition coefficient (Wildman–Crippen LogP) is 3.43. The van der Waals surface area contributed by atoms with Crippen LogP contribution in [0.5, 0.6) is 5.75 Å². The van der Waals surface area contributed by atoms with Crippen LogP contribution in [0.2, 0.25) is 0 Å². The first kappa shape index (κ1) is 24.5. The van der Waals surface area contributed by atoms with E-state index in [9.17, 15) is 0 Å². The van der Waals surface area contributed by atoms with Crippen molar-refractivity contribution in [3.63, 3.8) is 0 Å². The zero-order chi connectivity index (χ0) is 20.5. The van der Waals surface area contributed by atoms with Gasteiger partial charge >= 0.3 is 0 Å². The van der Waals surface area contributed by atoms with Crippen molar-refractivity contribution in [1.82, 2.24) is 25.3 Å². The second-order valence-corrected chi connectivity index (χ2v) is 7.54. The van der Waals surface area contributed by atoms with Crippen molar-refractivity contribution in [2.24, 2.45) is 4.99 Å². The van der Waals surface area contributed by atoms with Gasteiger partial charge in [0.2, 0.25) is 0 Å². The summed E-state index contributed by atoms with van der Waals surface area (Å²) in [6, 6.07) is 10.6. The summed E-state index contributed by atoms with van der Waals surface area (Å²) in [4.78, 5) is 6.92. The summed E-state index contributed by atoms with van der Waals surface area (Å²) in [6.45, 7) is 6.29. The maximum Gasteiger partial charge on any atom is 0.191 e. The lowest BCUT2D eigenvalue weighted by Crippen LogP contribution is -2.41. The normalized spacial score (nSPS) is 17.3. The molecule has 0 bridgehead atoms. The molecular weight excluding hydrogens is 491 g/mol. The van der Waals surface area contributed by atoms with Gasteiger partial charge in [0.1, 0.15) is 5.75 Å². The van der Waals surface area contributed by atoms with Gasteiger partial charge in [-0.3, -0.25) is 4.99 Å². The summed E-state index contributed by atoms with van der Waals surface area (Å²) < 4.78 is 7.07. The van der Waals surface area contributed by atoms with E-state index in [1.807, 2.05) is 41.2 Å². The Hall–Kier alpha value is -1.81. The molecule has 3 rings (SSSR count). The number of hydrogen-bond donors (Lipinski definition) is 2. The molecule has 1 aliphatic rings. The highest BCUT2D eigenvalue weighted by Gasteiger charge is 2.17. The van der Waals surface area contributed by atoms with Gasteiger partial charge in [0, 0.05) is 32.4 Å². The highest BCUT2D eigenvalue weighted by Crippen LogP contribution is 2.16. The van der Waals surface area contributed by atoms with Crippen LogP contribution in [0.4, 0.5) is 0 Å². The molecule has 30 heavy (non-hydrogen) atoms. The minimum absolute atomic E-state index is 0. The fourth-order valence-corrected chi connectivity index (χ4v) is 3.71. The maximum atomic E-state index is 5.20. The molecule has 0 spiro atoms. The van der Waals surface area contributed by atoms with Gasteiger partial charge in [-0.2, -0.15) is 5.10 Å². The molecule has 2 aromatic rings. The second-order valence-electron chi connectivity index (χ2n) is 7.54. The smallest absolute Gasteiger partial charge is 0.191 e. The van der Waals surface area contributed by atoms with E-state index in [2.05, 4.69) is 32.5 Å². The highest BCUT2D eigenvalue weighted by atomic mass is 127. The Morgan fingerprint density at radius 2 is 2.00 bits per heavy atom. The average Bonchev–Trinajstić information content (AvgIpc) is 3.23. The Balaban J connectivity index is 0.00000320. The van der Waals surface area contributed by atoms with E-state index >= 15 is 0 Å². The Bertz CT molecular complexity index is 776. The van der Waals surface area contributed by atoms with E-state index in [4.69, 9.17) is 4.74 Å². The number of guanidine groups is 1. The number of nitrogens with one attached hydrogen (secondary N) is 2. The number of rotatable bonds is 8. The lowest BCUT2D eigenvalue weighted by Gasteiger charge is -2.33. The van der Waals surface area contributed by atoms with Crippen molar-refractivity contribution in [3.05, 3.63) is 42.2 Å². The van der Waals surface area contributed by atoms with E-state index in [0.29, 0.717) is 6.54 Å². The number of aliphatic imine (C=N–C) groups is 1. The van der Waals surface area contributed by atoms with Gasteiger partial charge in [-0.05, 0) is 63.1 Å². The molecule has 166 valence electrons. The van der Waals surface area contributed by atoms with E-state index in [1.165, 1.54) is 25.8 Å². The first-order chi connectivity index (χ1) is 14.2. The molecule has 7 nitrogen and oxygen atoms in total. The minimum Gasteiger partial charge on any atom is -0.497 e. The van der Waals surface area contributed by atoms with Crippen LogP contribution in [0, 0.1) is 0 Å². The number of benzene rings is 1. The summed E-state index contributed by atoms with van der Waals surface area (Å²) >= 11 is 0. The van der Waals surface area contributed by atoms with Crippen molar-refractivity contribution < 1.29 is 4.74 Å². The lowest BCUT2D eigenvalue weighted by atomic mass is 10.0. The molecule has 1 aromatic heterocycles. The molecule has 2 N–H and O–H groups in total. The van der Waals surface area contributed by atoms with Crippen LogP contribution in [0.15, 0.2) is 41.5 Å². The summed E-state index contributed by atoms with van der Waals surface area (Å²) in [6.07, 6.45) is 7.14. The molecule has 0 radical (unpaired) electrons. The lowest BCUT2D eigenvalue weighted by molar-refractivity contribution is 0.159. The molecule has 2 heterocycles. The van der Waals surface area contributed by atoms with Crippen molar-refractivity contribution >= 4 is 29.9 Å². The van der Waals surface area contributed by atoms with E-state index < -0.39 is 0 Å². The molecule has 1 aromatic carbocycles. The third-order valence-electron chi connectivity index (χ3n) is 5.50. The first-order valence-electron chi connectivity index (χ1n) is 10.6. The summed E-state index contributed by atoms with van der Waals surface area (Å²) in [5.41, 5.74) is 1.97. The predicted molar refractivity (Wildman–Crippen MR) is 133 cm³/mol. The monoisotopic (exact) mass is 526 g/mol. The van der Waals surface area contributed by atoms with Gasteiger partial charge in [-0.25, -0.2) is 4.68 Å². The number of hydrogen-bond acceptors (Lipinski definition) is 4. The molecule has 0 amide bonds. The Morgan fingerprint density at radius 1 is 1.20 bits per heavy atom. The van der Waals surface area contributed by atoms with E-state index in [1.54, 1.807) is 14.2 Å². The molecule has 0 aliphatic carbocycles. The highest BCUT2D eigenvalue weighted by molar-refractivity contribution is 14.0. The number of piperidine rings is 1. The van der Waals surface area contributed by atoms with Crippen LogP contribution < -0.4 is 15.4 Å². The topological polar surface area (TPSA) is 66.7 Å². The van der Waals surface area contributed by atoms with Crippen LogP contribution in [-0.4, -0.2) is 60.5 Å². The van der Waals surface area contributed by atoms with Gasteiger partial charge in [0.15, 0.2) is 5.96 Å². The standard InChI is InChI=1S/C22H34N6O.HI/c1-18-7-4-5-14-27(18)15-6-13-24-22(23-2)25-17-19-12-16-28(26-19)20-8-10-21(29-3)11-9-20;/h8-12,16,18H,4-7,13-15,17H2,1-3H3,(H2,23,24,25);1H. The van der Waals surface area contributed by atoms with Crippen LogP contribution in [-0.2, 0) is 6.54 Å². The van der Waals surface area contributed by atoms with Crippen LogP contribution in [0.3, 0.4) is 0 Å². The number of aromatic nitrogens is 2. The third kappa shape index (κ3) is 7.16. The zero-order valence-electron chi connectivity index (χ0n) is 18.3. The third-order valence-corrected chi connectivity index (χ3v) is 5.50. The van der Waals surface area contributed by atoms with Gasteiger partial charge in [-0.15, -0.1) is 24.0 Å². The molecule has 1 aliphatic heterocycles. The fourth-order valence-electron chi connectivity index (χ4n) is 3.71. The SMILES string of the molecule is CN=C(NCCCN1CCCCC1C)NCc1ccn(-c2ccc(OC)cc2)n1.I. The molecule has 1 unspecified atom stereocenters. The number of methoxy groups -OCH3 is 1. The fraction of sp³-hybridized carbons (Fsp3) is 0.545. The van der Waals surface area contributed by atoms with Crippen molar-refractivity contribution in [3.8, 4) is 11.4 Å². The Labute approximate surface area is 197 Å². The first-order valence-corrected chi connectivity index (χ1v) is 10.6. The molecule has 1 saturated heterocycles. The van der Waals surface area contributed by atoms with Crippen LogP contribution in [0.1, 0.15) is 38.3 Å². The Morgan fingerprint density at radius 3 is 2.70 bits per heavy atom. The molecule has 1 atom stereocenters. The summed E-state index contributed by atoms with van der Waals surface area (Å²) in [5, 5.41) is 11.4. The number of nitrogens with zero attached hydrogens (tertiary/aromatic N) is 4. The van der Waals surface area contributed by atoms with Gasteiger partial charge in [0.25, 0.3) is 0 Å². The van der Waals surface area contributed by atoms with Crippen molar-refractivity contribution in [1.29, 1.82) is 0 Å².